The van der Waals surface area contributed by atoms with Gasteiger partial charge in [0.15, 0.2) is 37.7 Å². The molecular weight excluding hydrogens is 988 g/mol. The molecule has 6 rings (SSSR count). The molecule has 1 unspecified atom stereocenters. The van der Waals surface area contributed by atoms with Crippen molar-refractivity contribution in [3.8, 4) is 0 Å². The highest BCUT2D eigenvalue weighted by Crippen LogP contribution is 2.38. The van der Waals surface area contributed by atoms with E-state index in [-0.39, 0.29) is 0 Å². The Morgan fingerprint density at radius 2 is 0.778 bits per heavy atom. The van der Waals surface area contributed by atoms with Crippen LogP contribution >= 0.6 is 0 Å². The van der Waals surface area contributed by atoms with Gasteiger partial charge in [0.2, 0.25) is 11.8 Å². The maximum atomic E-state index is 13.0. The van der Waals surface area contributed by atoms with Gasteiger partial charge in [-0.2, -0.15) is 0 Å². The van der Waals surface area contributed by atoms with Crippen LogP contribution in [0.25, 0.3) is 0 Å². The van der Waals surface area contributed by atoms with Crippen LogP contribution in [0.4, 0.5) is 0 Å². The molecule has 0 spiro atoms. The monoisotopic (exact) mass is 1060 g/mol. The fraction of sp³-hybridized carbons (Fsp3) is 0.950. The van der Waals surface area contributed by atoms with Gasteiger partial charge < -0.3 is 150 Å². The van der Waals surface area contributed by atoms with Crippen LogP contribution in [-0.4, -0.2) is 316 Å². The number of nitrogens with one attached hydrogen (secondary N) is 2. The van der Waals surface area contributed by atoms with E-state index in [9.17, 15) is 96.4 Å². The van der Waals surface area contributed by atoms with Crippen LogP contribution in [0.15, 0.2) is 0 Å². The molecule has 0 aromatic carbocycles. The summed E-state index contributed by atoms with van der Waals surface area (Å²) in [6.45, 7) is -1.67. The number of amides is 2. The number of rotatable bonds is 17. The molecule has 0 aromatic rings. The summed E-state index contributed by atoms with van der Waals surface area (Å²) in [5.41, 5.74) is 0. The van der Waals surface area contributed by atoms with Crippen molar-refractivity contribution in [1.82, 2.24) is 10.6 Å². The zero-order valence-corrected chi connectivity index (χ0v) is 38.8. The minimum atomic E-state index is -2.19. The van der Waals surface area contributed by atoms with E-state index in [1.54, 1.807) is 0 Å². The van der Waals surface area contributed by atoms with Gasteiger partial charge in [-0.1, -0.05) is 0 Å². The van der Waals surface area contributed by atoms with Gasteiger partial charge in [-0.3, -0.25) is 9.59 Å². The normalized spacial score (nSPS) is 50.3. The van der Waals surface area contributed by atoms with Crippen molar-refractivity contribution in [1.29, 1.82) is 0 Å². The number of carbonyl (C=O) groups excluding carboxylic acids is 2. The predicted molar refractivity (Wildman–Crippen MR) is 221 cm³/mol. The maximum absolute atomic E-state index is 13.0. The third-order valence-electron chi connectivity index (χ3n) is 13.2. The Bertz CT molecular complexity index is 1730. The molecule has 32 heteroatoms. The van der Waals surface area contributed by atoms with E-state index in [4.69, 9.17) is 52.1 Å². The fourth-order valence-corrected chi connectivity index (χ4v) is 9.23. The maximum Gasteiger partial charge on any atom is 0.217 e. The standard InChI is InChI=1S/C40H68N2O30/c1-9-19(50)25(56)28(59)38(62-9)72-34-33(71-36-17(41-10(2)48)24(55)20(51)12(4-43)64-36)23(54)15(7-46)67-40(34)69-31-18(42-11(3)49)37(65-13(5-44)21(31)52)70-32-22(53)14(6-45)66-39(29(32)60)68-30-16(8-47)63-35(61)27(58)26(30)57/h9,12-40,43-47,50-61H,4-8H2,1-3H3,(H,41,48)(H,42,49)/t9-,12+,13+,14+,15+,16+,17+,18+,19+,20-,21+,22-,23-,24+,25+,26+,27+,28-,29+,30+,31+,32-,33-,34+,35?,36-,37-,38-,39-,40-/m0/s1. The lowest BCUT2D eigenvalue weighted by Gasteiger charge is -2.52. The van der Waals surface area contributed by atoms with Gasteiger partial charge >= 0.3 is 0 Å². The van der Waals surface area contributed by atoms with Crippen LogP contribution in [0.1, 0.15) is 20.8 Å². The van der Waals surface area contributed by atoms with E-state index in [0.717, 1.165) is 13.8 Å². The number of carbonyl (C=O) groups is 2. The number of ether oxygens (including phenoxy) is 11. The molecule has 6 fully saturated rings. The highest BCUT2D eigenvalue weighted by molar-refractivity contribution is 5.73. The summed E-state index contributed by atoms with van der Waals surface area (Å²) < 4.78 is 64.1. The lowest BCUT2D eigenvalue weighted by atomic mass is 9.93. The van der Waals surface area contributed by atoms with Crippen molar-refractivity contribution in [3.05, 3.63) is 0 Å². The summed E-state index contributed by atoms with van der Waals surface area (Å²) in [6.07, 6.45) is -53.5. The van der Waals surface area contributed by atoms with Crippen molar-refractivity contribution in [2.24, 2.45) is 0 Å². The van der Waals surface area contributed by atoms with Crippen LogP contribution < -0.4 is 10.6 Å². The van der Waals surface area contributed by atoms with E-state index in [2.05, 4.69) is 10.6 Å². The first-order valence-electron chi connectivity index (χ1n) is 23.0. The Balaban J connectivity index is 1.37. The Morgan fingerprint density at radius 1 is 0.361 bits per heavy atom. The molecule has 30 atom stereocenters. The quantitative estimate of drug-likeness (QED) is 0.0643. The van der Waals surface area contributed by atoms with Crippen molar-refractivity contribution in [2.75, 3.05) is 33.0 Å². The van der Waals surface area contributed by atoms with Crippen molar-refractivity contribution < 1.29 is 149 Å². The van der Waals surface area contributed by atoms with Gasteiger partial charge in [0, 0.05) is 13.8 Å². The average molecular weight is 1060 g/mol. The summed E-state index contributed by atoms with van der Waals surface area (Å²) in [5.74, 6) is -1.69. The minimum Gasteiger partial charge on any atom is -0.394 e. The van der Waals surface area contributed by atoms with Crippen LogP contribution in [-0.2, 0) is 61.7 Å². The third kappa shape index (κ3) is 12.5. The Hall–Kier alpha value is -2.18. The van der Waals surface area contributed by atoms with Crippen LogP contribution in [0.5, 0.6) is 0 Å². The fourth-order valence-electron chi connectivity index (χ4n) is 9.23. The molecule has 19 N–H and O–H groups in total. The van der Waals surface area contributed by atoms with Gasteiger partial charge in [-0.05, 0) is 6.92 Å². The summed E-state index contributed by atoms with van der Waals surface area (Å²) >= 11 is 0. The van der Waals surface area contributed by atoms with E-state index < -0.39 is 229 Å². The van der Waals surface area contributed by atoms with Crippen LogP contribution in [0.2, 0.25) is 0 Å². The van der Waals surface area contributed by atoms with E-state index in [1.807, 2.05) is 0 Å². The summed E-state index contributed by atoms with van der Waals surface area (Å²) in [6, 6.07) is -3.54. The molecule has 0 radical (unpaired) electrons. The molecule has 418 valence electrons. The predicted octanol–water partition coefficient (Wildman–Crippen LogP) is -12.8. The second-order valence-corrected chi connectivity index (χ2v) is 18.2. The Labute approximate surface area is 408 Å². The number of hydrogen-bond acceptors (Lipinski definition) is 30. The molecule has 2 amide bonds. The summed E-state index contributed by atoms with van der Waals surface area (Å²) in [7, 11) is 0. The second kappa shape index (κ2) is 25.3. The Kier molecular flexibility index (Phi) is 20.8. The van der Waals surface area contributed by atoms with E-state index >= 15 is 0 Å². The van der Waals surface area contributed by atoms with Crippen LogP contribution in [0.3, 0.4) is 0 Å². The lowest BCUT2D eigenvalue weighted by molar-refractivity contribution is -0.401. The smallest absolute Gasteiger partial charge is 0.217 e. The molecule has 0 aromatic heterocycles. The summed E-state index contributed by atoms with van der Waals surface area (Å²) in [5, 5.41) is 187. The molecular formula is C40H68N2O30. The van der Waals surface area contributed by atoms with Crippen molar-refractivity contribution in [3.63, 3.8) is 0 Å². The molecule has 6 aliphatic heterocycles. The SMILES string of the molecule is CC(=O)N[C@H]1[C@H](O[C@H]2[C@@H](O)[C@@H](CO)O[C@@H](O[C@H]3[C@H](O)[C@@H](CO)O[C@@H](O[C@H]4[C@@H](O)[C@@H](CO)O[C@@H](O[C@H]5[C@H](O)[C@@H](O)C(O)O[C@@H]5CO)[C@@H]4O)[C@@H]3NC(C)=O)[C@@H]2O[C@@H]2O[C@@H](C)[C@@H](O)[C@@H](O)[C@@H]2O)O[C@H](CO)[C@H](O)[C@@H]1O. The highest BCUT2D eigenvalue weighted by atomic mass is 16.8. The number of aliphatic hydroxyl groups is 17. The highest BCUT2D eigenvalue weighted by Gasteiger charge is 2.59. The zero-order chi connectivity index (χ0) is 53.2. The number of hydrogen-bond donors (Lipinski definition) is 19. The van der Waals surface area contributed by atoms with Gasteiger partial charge in [0.1, 0.15) is 140 Å². The number of aliphatic hydroxyl groups excluding tert-OH is 17. The Morgan fingerprint density at radius 3 is 1.33 bits per heavy atom. The van der Waals surface area contributed by atoms with Gasteiger partial charge in [0.25, 0.3) is 0 Å². The van der Waals surface area contributed by atoms with Gasteiger partial charge in [-0.15, -0.1) is 0 Å². The molecule has 6 heterocycles. The van der Waals surface area contributed by atoms with Crippen molar-refractivity contribution >= 4 is 11.8 Å². The first-order chi connectivity index (χ1) is 34.0. The molecule has 0 bridgehead atoms. The largest absolute Gasteiger partial charge is 0.394 e. The summed E-state index contributed by atoms with van der Waals surface area (Å²) in [4.78, 5) is 25.3. The van der Waals surface area contributed by atoms with Crippen molar-refractivity contribution in [2.45, 2.75) is 205 Å². The third-order valence-corrected chi connectivity index (χ3v) is 13.2. The molecule has 32 nitrogen and oxygen atoms in total. The van der Waals surface area contributed by atoms with E-state index in [1.165, 1.54) is 6.92 Å². The molecule has 6 aliphatic rings. The average Bonchev–Trinajstić information content (AvgIpc) is 3.34. The zero-order valence-electron chi connectivity index (χ0n) is 38.8. The topological polar surface area (TPSA) is 504 Å². The van der Waals surface area contributed by atoms with E-state index in [0.29, 0.717) is 0 Å². The van der Waals surface area contributed by atoms with Gasteiger partial charge in [0.05, 0.1) is 39.1 Å². The molecule has 0 saturated carbocycles. The first kappa shape index (κ1) is 59.1. The van der Waals surface area contributed by atoms with Crippen LogP contribution in [0, 0.1) is 0 Å². The lowest BCUT2D eigenvalue weighted by Crippen LogP contribution is -2.71. The first-order valence-corrected chi connectivity index (χ1v) is 23.0. The van der Waals surface area contributed by atoms with Gasteiger partial charge in [-0.25, -0.2) is 0 Å². The molecule has 72 heavy (non-hydrogen) atoms. The molecule has 6 saturated heterocycles. The minimum absolute atomic E-state index is 0.794. The molecule has 0 aliphatic carbocycles. The second-order valence-electron chi connectivity index (χ2n) is 18.2.